The maximum atomic E-state index is 14.0. The fraction of sp³-hybridized carbons (Fsp3) is 0.571. The Morgan fingerprint density at radius 3 is 2.58 bits per heavy atom. The molecule has 5 heteroatoms. The average molecular weight is 270 g/mol. The van der Waals surface area contributed by atoms with Crippen molar-refractivity contribution in [2.24, 2.45) is 0 Å². The van der Waals surface area contributed by atoms with Gasteiger partial charge in [0.1, 0.15) is 17.4 Å². The molecule has 1 heterocycles. The minimum Gasteiger partial charge on any atom is -0.507 e. The Balaban J connectivity index is 2.32. The SMILES string of the molecule is CCC[C@@H](c1c(O)cc(F)cc1F)N1CCNCC1. The Morgan fingerprint density at radius 2 is 2.00 bits per heavy atom. The van der Waals surface area contributed by atoms with E-state index in [0.717, 1.165) is 51.2 Å². The molecular formula is C14H20F2N2O. The normalized spacial score (nSPS) is 18.5. The van der Waals surface area contributed by atoms with Crippen LogP contribution in [-0.2, 0) is 0 Å². The van der Waals surface area contributed by atoms with Gasteiger partial charge in [-0.2, -0.15) is 0 Å². The molecule has 106 valence electrons. The predicted octanol–water partition coefficient (Wildman–Crippen LogP) is 2.42. The summed E-state index contributed by atoms with van der Waals surface area (Å²) >= 11 is 0. The predicted molar refractivity (Wildman–Crippen MR) is 70.1 cm³/mol. The number of benzene rings is 1. The number of nitrogens with zero attached hydrogens (tertiary/aromatic N) is 1. The highest BCUT2D eigenvalue weighted by atomic mass is 19.1. The molecule has 1 atom stereocenters. The van der Waals surface area contributed by atoms with Crippen LogP contribution in [0.3, 0.4) is 0 Å². The molecule has 2 N–H and O–H groups in total. The lowest BCUT2D eigenvalue weighted by Gasteiger charge is -2.35. The van der Waals surface area contributed by atoms with Gasteiger partial charge in [-0.3, -0.25) is 4.90 Å². The molecule has 1 aliphatic heterocycles. The molecule has 0 spiro atoms. The third-order valence-corrected chi connectivity index (χ3v) is 3.56. The maximum Gasteiger partial charge on any atom is 0.134 e. The quantitative estimate of drug-likeness (QED) is 0.882. The van der Waals surface area contributed by atoms with Gasteiger partial charge in [-0.25, -0.2) is 8.78 Å². The molecule has 0 saturated carbocycles. The first-order chi connectivity index (χ1) is 9.13. The van der Waals surface area contributed by atoms with E-state index in [1.807, 2.05) is 6.92 Å². The van der Waals surface area contributed by atoms with Gasteiger partial charge in [-0.1, -0.05) is 13.3 Å². The summed E-state index contributed by atoms with van der Waals surface area (Å²) in [6.45, 7) is 5.34. The van der Waals surface area contributed by atoms with Gasteiger partial charge in [-0.05, 0) is 6.42 Å². The van der Waals surface area contributed by atoms with Crippen LogP contribution in [0.2, 0.25) is 0 Å². The molecule has 1 fully saturated rings. The molecule has 1 aliphatic rings. The van der Waals surface area contributed by atoms with Crippen LogP contribution in [-0.4, -0.2) is 36.2 Å². The molecule has 0 unspecified atom stereocenters. The largest absolute Gasteiger partial charge is 0.507 e. The third-order valence-electron chi connectivity index (χ3n) is 3.56. The van der Waals surface area contributed by atoms with E-state index >= 15 is 0 Å². The van der Waals surface area contributed by atoms with Crippen molar-refractivity contribution in [1.82, 2.24) is 10.2 Å². The van der Waals surface area contributed by atoms with Crippen LogP contribution in [0, 0.1) is 11.6 Å². The zero-order valence-corrected chi connectivity index (χ0v) is 11.1. The molecule has 2 rings (SSSR count). The first-order valence-corrected chi connectivity index (χ1v) is 6.76. The van der Waals surface area contributed by atoms with Gasteiger partial charge >= 0.3 is 0 Å². The van der Waals surface area contributed by atoms with Crippen LogP contribution in [0.1, 0.15) is 31.4 Å². The monoisotopic (exact) mass is 270 g/mol. The number of hydrogen-bond donors (Lipinski definition) is 2. The average Bonchev–Trinajstić information content (AvgIpc) is 2.37. The highest BCUT2D eigenvalue weighted by Crippen LogP contribution is 2.35. The number of halogens is 2. The van der Waals surface area contributed by atoms with Gasteiger partial charge < -0.3 is 10.4 Å². The standard InChI is InChI=1S/C14H20F2N2O/c1-2-3-12(18-6-4-17-5-7-18)14-11(16)8-10(15)9-13(14)19/h8-9,12,17,19H,2-7H2,1H3/t12-/m0/s1. The van der Waals surface area contributed by atoms with Gasteiger partial charge in [0.2, 0.25) is 0 Å². The lowest BCUT2D eigenvalue weighted by atomic mass is 9.98. The van der Waals surface area contributed by atoms with Gasteiger partial charge in [-0.15, -0.1) is 0 Å². The van der Waals surface area contributed by atoms with Crippen LogP contribution < -0.4 is 5.32 Å². The zero-order chi connectivity index (χ0) is 13.8. The summed E-state index contributed by atoms with van der Waals surface area (Å²) in [7, 11) is 0. The minimum absolute atomic E-state index is 0.187. The lowest BCUT2D eigenvalue weighted by Crippen LogP contribution is -2.45. The van der Waals surface area contributed by atoms with Gasteiger partial charge in [0, 0.05) is 49.9 Å². The molecule has 19 heavy (non-hydrogen) atoms. The zero-order valence-electron chi connectivity index (χ0n) is 11.1. The minimum atomic E-state index is -0.741. The first-order valence-electron chi connectivity index (χ1n) is 6.76. The van der Waals surface area contributed by atoms with E-state index in [2.05, 4.69) is 10.2 Å². The number of nitrogens with one attached hydrogen (secondary N) is 1. The van der Waals surface area contributed by atoms with E-state index in [4.69, 9.17) is 0 Å². The smallest absolute Gasteiger partial charge is 0.134 e. The van der Waals surface area contributed by atoms with Gasteiger partial charge in [0.15, 0.2) is 0 Å². The number of phenolic OH excluding ortho intramolecular Hbond substituents is 1. The van der Waals surface area contributed by atoms with Crippen molar-refractivity contribution in [1.29, 1.82) is 0 Å². The third kappa shape index (κ3) is 3.22. The van der Waals surface area contributed by atoms with Crippen molar-refractivity contribution in [2.75, 3.05) is 26.2 Å². The Kier molecular flexibility index (Phi) is 4.71. The molecule has 0 radical (unpaired) electrons. The summed E-state index contributed by atoms with van der Waals surface area (Å²) in [6, 6.07) is 1.65. The summed E-state index contributed by atoms with van der Waals surface area (Å²) in [5, 5.41) is 13.1. The van der Waals surface area contributed by atoms with Crippen LogP contribution >= 0.6 is 0 Å². The fourth-order valence-corrected chi connectivity index (χ4v) is 2.68. The molecule has 1 aromatic carbocycles. The van der Waals surface area contributed by atoms with Gasteiger partial charge in [0.05, 0.1) is 0 Å². The van der Waals surface area contributed by atoms with Crippen LogP contribution in [0.5, 0.6) is 5.75 Å². The summed E-state index contributed by atoms with van der Waals surface area (Å²) in [6.07, 6.45) is 1.63. The second kappa shape index (κ2) is 6.30. The van der Waals surface area contributed by atoms with E-state index in [0.29, 0.717) is 0 Å². The van der Waals surface area contributed by atoms with Crippen molar-refractivity contribution in [3.8, 4) is 5.75 Å². The number of hydrogen-bond acceptors (Lipinski definition) is 3. The molecule has 0 aromatic heterocycles. The van der Waals surface area contributed by atoms with E-state index in [1.54, 1.807) is 0 Å². The first kappa shape index (κ1) is 14.2. The lowest BCUT2D eigenvalue weighted by molar-refractivity contribution is 0.158. The number of aromatic hydroxyl groups is 1. The van der Waals surface area contributed by atoms with Crippen molar-refractivity contribution in [2.45, 2.75) is 25.8 Å². The van der Waals surface area contributed by atoms with Crippen molar-refractivity contribution >= 4 is 0 Å². The second-order valence-corrected chi connectivity index (χ2v) is 4.91. The van der Waals surface area contributed by atoms with Crippen LogP contribution in [0.25, 0.3) is 0 Å². The molecule has 1 saturated heterocycles. The van der Waals surface area contributed by atoms with Crippen LogP contribution in [0.15, 0.2) is 12.1 Å². The molecular weight excluding hydrogens is 250 g/mol. The van der Waals surface area contributed by atoms with Crippen molar-refractivity contribution in [3.05, 3.63) is 29.3 Å². The number of piperazine rings is 1. The molecule has 1 aromatic rings. The Hall–Kier alpha value is -1.20. The molecule has 0 bridgehead atoms. The second-order valence-electron chi connectivity index (χ2n) is 4.91. The Bertz CT molecular complexity index is 410. The molecule has 0 amide bonds. The number of rotatable bonds is 4. The molecule has 3 nitrogen and oxygen atoms in total. The van der Waals surface area contributed by atoms with Crippen molar-refractivity contribution < 1.29 is 13.9 Å². The topological polar surface area (TPSA) is 35.5 Å². The van der Waals surface area contributed by atoms with E-state index < -0.39 is 11.6 Å². The summed E-state index contributed by atoms with van der Waals surface area (Å²) in [4.78, 5) is 2.15. The van der Waals surface area contributed by atoms with Crippen LogP contribution in [0.4, 0.5) is 8.78 Å². The Labute approximate surface area is 112 Å². The van der Waals surface area contributed by atoms with Crippen molar-refractivity contribution in [3.63, 3.8) is 0 Å². The highest BCUT2D eigenvalue weighted by molar-refractivity contribution is 5.36. The number of phenols is 1. The van der Waals surface area contributed by atoms with Gasteiger partial charge in [0.25, 0.3) is 0 Å². The van der Waals surface area contributed by atoms with E-state index in [-0.39, 0.29) is 17.4 Å². The molecule has 0 aliphatic carbocycles. The van der Waals surface area contributed by atoms with E-state index in [9.17, 15) is 13.9 Å². The summed E-state index contributed by atoms with van der Waals surface area (Å²) < 4.78 is 27.1. The summed E-state index contributed by atoms with van der Waals surface area (Å²) in [5.74, 6) is -1.68. The summed E-state index contributed by atoms with van der Waals surface area (Å²) in [5.41, 5.74) is 0.227. The maximum absolute atomic E-state index is 14.0. The Morgan fingerprint density at radius 1 is 1.32 bits per heavy atom. The fourth-order valence-electron chi connectivity index (χ4n) is 2.68. The highest BCUT2D eigenvalue weighted by Gasteiger charge is 2.27. The van der Waals surface area contributed by atoms with E-state index in [1.165, 1.54) is 0 Å².